The number of aryl methyl sites for hydroxylation is 1. The molecule has 2 rings (SSSR count). The summed E-state index contributed by atoms with van der Waals surface area (Å²) >= 11 is 0. The van der Waals surface area contributed by atoms with Gasteiger partial charge in [0, 0.05) is 12.1 Å². The number of hydrogen-bond donors (Lipinski definition) is 1. The van der Waals surface area contributed by atoms with E-state index in [1.54, 1.807) is 13.0 Å². The molecule has 24 heavy (non-hydrogen) atoms. The van der Waals surface area contributed by atoms with Gasteiger partial charge in [0.05, 0.1) is 30.2 Å². The summed E-state index contributed by atoms with van der Waals surface area (Å²) in [6.45, 7) is 3.25. The first-order valence-corrected chi connectivity index (χ1v) is 7.75. The number of nitrogens with one attached hydrogen (secondary N) is 1. The third kappa shape index (κ3) is 4.51. The van der Waals surface area contributed by atoms with Crippen molar-refractivity contribution in [3.05, 3.63) is 33.9 Å². The van der Waals surface area contributed by atoms with Crippen LogP contribution < -0.4 is 5.32 Å². The number of ether oxygens (including phenoxy) is 1. The van der Waals surface area contributed by atoms with Crippen LogP contribution in [-0.2, 0) is 14.3 Å². The van der Waals surface area contributed by atoms with Crippen LogP contribution in [-0.4, -0.2) is 48.4 Å². The Morgan fingerprint density at radius 1 is 1.38 bits per heavy atom. The highest BCUT2D eigenvalue weighted by molar-refractivity contribution is 5.93. The number of likely N-dealkylation sites (tertiary alicyclic amines) is 1. The zero-order chi connectivity index (χ0) is 17.7. The lowest BCUT2D eigenvalue weighted by molar-refractivity contribution is -0.384. The summed E-state index contributed by atoms with van der Waals surface area (Å²) in [6, 6.07) is 4.37. The van der Waals surface area contributed by atoms with Crippen LogP contribution in [0.15, 0.2) is 18.2 Å². The van der Waals surface area contributed by atoms with Gasteiger partial charge in [-0.15, -0.1) is 0 Å². The van der Waals surface area contributed by atoms with E-state index in [1.165, 1.54) is 19.2 Å². The minimum Gasteiger partial charge on any atom is -0.469 e. The van der Waals surface area contributed by atoms with Gasteiger partial charge in [0.25, 0.3) is 5.69 Å². The van der Waals surface area contributed by atoms with Crippen LogP contribution in [0.5, 0.6) is 0 Å². The number of methoxy groups -OCH3 is 1. The number of carbonyl (C=O) groups is 2. The van der Waals surface area contributed by atoms with Gasteiger partial charge in [-0.3, -0.25) is 24.6 Å². The van der Waals surface area contributed by atoms with Gasteiger partial charge in [-0.1, -0.05) is 6.07 Å². The number of nitro benzene ring substituents is 1. The van der Waals surface area contributed by atoms with E-state index >= 15 is 0 Å². The summed E-state index contributed by atoms with van der Waals surface area (Å²) in [5, 5.41) is 13.5. The Morgan fingerprint density at radius 2 is 2.04 bits per heavy atom. The lowest BCUT2D eigenvalue weighted by Gasteiger charge is -2.30. The Labute approximate surface area is 139 Å². The van der Waals surface area contributed by atoms with Crippen molar-refractivity contribution in [2.45, 2.75) is 19.8 Å². The fourth-order valence-electron chi connectivity index (χ4n) is 2.74. The SMILES string of the molecule is COC(=O)C1CCN(CC(=O)Nc2cc([N+](=O)[O-])ccc2C)CC1. The van der Waals surface area contributed by atoms with Crippen molar-refractivity contribution in [3.8, 4) is 0 Å². The summed E-state index contributed by atoms with van der Waals surface area (Å²) in [5.41, 5.74) is 1.15. The van der Waals surface area contributed by atoms with E-state index in [-0.39, 0.29) is 30.0 Å². The number of non-ortho nitro benzene ring substituents is 1. The lowest BCUT2D eigenvalue weighted by Crippen LogP contribution is -2.41. The largest absolute Gasteiger partial charge is 0.469 e. The van der Waals surface area contributed by atoms with E-state index < -0.39 is 4.92 Å². The number of piperidine rings is 1. The van der Waals surface area contributed by atoms with Crippen molar-refractivity contribution >= 4 is 23.3 Å². The van der Waals surface area contributed by atoms with Crippen molar-refractivity contribution < 1.29 is 19.2 Å². The number of rotatable bonds is 5. The molecular weight excluding hydrogens is 314 g/mol. The third-order valence-electron chi connectivity index (χ3n) is 4.20. The molecule has 0 bridgehead atoms. The first-order chi connectivity index (χ1) is 11.4. The minimum absolute atomic E-state index is 0.0604. The molecule has 8 heteroatoms. The molecule has 0 unspecified atom stereocenters. The Kier molecular flexibility index (Phi) is 5.86. The molecule has 1 fully saturated rings. The minimum atomic E-state index is -0.493. The second-order valence-electron chi connectivity index (χ2n) is 5.88. The smallest absolute Gasteiger partial charge is 0.308 e. The molecule has 1 aromatic carbocycles. The number of esters is 1. The number of nitro groups is 1. The predicted molar refractivity (Wildman–Crippen MR) is 87.6 cm³/mol. The molecule has 8 nitrogen and oxygen atoms in total. The average molecular weight is 335 g/mol. The highest BCUT2D eigenvalue weighted by atomic mass is 16.6. The van der Waals surface area contributed by atoms with Gasteiger partial charge >= 0.3 is 5.97 Å². The fourth-order valence-corrected chi connectivity index (χ4v) is 2.74. The molecule has 1 aliphatic rings. The van der Waals surface area contributed by atoms with Gasteiger partial charge in [0.2, 0.25) is 5.91 Å². The highest BCUT2D eigenvalue weighted by Crippen LogP contribution is 2.22. The first kappa shape index (κ1) is 17.9. The van der Waals surface area contributed by atoms with Crippen LogP contribution in [0, 0.1) is 23.0 Å². The van der Waals surface area contributed by atoms with E-state index in [4.69, 9.17) is 4.74 Å². The quantitative estimate of drug-likeness (QED) is 0.499. The van der Waals surface area contributed by atoms with Crippen LogP contribution in [0.3, 0.4) is 0 Å². The molecule has 1 amide bonds. The number of nitrogens with zero attached hydrogens (tertiary/aromatic N) is 2. The second-order valence-corrected chi connectivity index (χ2v) is 5.88. The predicted octanol–water partition coefficient (Wildman–Crippen LogP) is 1.73. The van der Waals surface area contributed by atoms with Crippen molar-refractivity contribution in [3.63, 3.8) is 0 Å². The Morgan fingerprint density at radius 3 is 2.62 bits per heavy atom. The highest BCUT2D eigenvalue weighted by Gasteiger charge is 2.26. The van der Waals surface area contributed by atoms with Crippen LogP contribution in [0.25, 0.3) is 0 Å². The fraction of sp³-hybridized carbons (Fsp3) is 0.500. The van der Waals surface area contributed by atoms with E-state index in [0.717, 1.165) is 5.56 Å². The van der Waals surface area contributed by atoms with Crippen molar-refractivity contribution in [2.75, 3.05) is 32.1 Å². The Bertz CT molecular complexity index is 639. The van der Waals surface area contributed by atoms with Crippen molar-refractivity contribution in [2.24, 2.45) is 5.92 Å². The average Bonchev–Trinajstić information content (AvgIpc) is 2.56. The van der Waals surface area contributed by atoms with E-state index in [0.29, 0.717) is 31.6 Å². The Hall–Kier alpha value is -2.48. The molecule has 0 spiro atoms. The van der Waals surface area contributed by atoms with Crippen LogP contribution in [0.4, 0.5) is 11.4 Å². The van der Waals surface area contributed by atoms with Gasteiger partial charge in [-0.25, -0.2) is 0 Å². The molecule has 130 valence electrons. The monoisotopic (exact) mass is 335 g/mol. The summed E-state index contributed by atoms with van der Waals surface area (Å²) in [6.07, 6.45) is 1.32. The number of carbonyl (C=O) groups excluding carboxylic acids is 2. The van der Waals surface area contributed by atoms with Crippen LogP contribution in [0.1, 0.15) is 18.4 Å². The van der Waals surface area contributed by atoms with Crippen molar-refractivity contribution in [1.82, 2.24) is 4.90 Å². The molecule has 1 heterocycles. The maximum Gasteiger partial charge on any atom is 0.308 e. The molecule has 1 saturated heterocycles. The molecule has 0 atom stereocenters. The summed E-state index contributed by atoms with van der Waals surface area (Å²) in [4.78, 5) is 35.9. The molecule has 0 saturated carbocycles. The standard InChI is InChI=1S/C16H21N3O5/c1-11-3-4-13(19(22)23)9-14(11)17-15(20)10-18-7-5-12(6-8-18)16(21)24-2/h3-4,9,12H,5-8,10H2,1-2H3,(H,17,20). The lowest BCUT2D eigenvalue weighted by atomic mass is 9.97. The maximum atomic E-state index is 12.2. The third-order valence-corrected chi connectivity index (χ3v) is 4.20. The van der Waals surface area contributed by atoms with Gasteiger partial charge in [-0.05, 0) is 38.4 Å². The molecule has 0 radical (unpaired) electrons. The summed E-state index contributed by atoms with van der Waals surface area (Å²) in [7, 11) is 1.38. The first-order valence-electron chi connectivity index (χ1n) is 7.75. The van der Waals surface area contributed by atoms with E-state index in [2.05, 4.69) is 5.32 Å². The molecular formula is C16H21N3O5. The molecule has 1 N–H and O–H groups in total. The number of hydrogen-bond acceptors (Lipinski definition) is 6. The van der Waals surface area contributed by atoms with Crippen LogP contribution in [0.2, 0.25) is 0 Å². The maximum absolute atomic E-state index is 12.2. The van der Waals surface area contributed by atoms with Gasteiger partial charge in [-0.2, -0.15) is 0 Å². The molecule has 1 aliphatic heterocycles. The number of anilines is 1. The second kappa shape index (κ2) is 7.87. The van der Waals surface area contributed by atoms with Crippen LogP contribution >= 0.6 is 0 Å². The van der Waals surface area contributed by atoms with Gasteiger partial charge in [0.15, 0.2) is 0 Å². The zero-order valence-electron chi connectivity index (χ0n) is 13.8. The number of amides is 1. The van der Waals surface area contributed by atoms with E-state index in [9.17, 15) is 19.7 Å². The topological polar surface area (TPSA) is 102 Å². The van der Waals surface area contributed by atoms with E-state index in [1.807, 2.05) is 4.90 Å². The zero-order valence-corrected chi connectivity index (χ0v) is 13.8. The summed E-state index contributed by atoms with van der Waals surface area (Å²) < 4.78 is 4.74. The number of benzene rings is 1. The Balaban J connectivity index is 1.89. The van der Waals surface area contributed by atoms with Crippen molar-refractivity contribution in [1.29, 1.82) is 0 Å². The normalized spacial score (nSPS) is 15.8. The molecule has 1 aromatic rings. The molecule has 0 aromatic heterocycles. The molecule has 0 aliphatic carbocycles. The van der Waals surface area contributed by atoms with Gasteiger partial charge in [0.1, 0.15) is 0 Å². The van der Waals surface area contributed by atoms with Gasteiger partial charge < -0.3 is 10.1 Å². The summed E-state index contributed by atoms with van der Waals surface area (Å²) in [5.74, 6) is -0.533.